The van der Waals surface area contributed by atoms with Crippen LogP contribution in [0.15, 0.2) is 65.9 Å². The monoisotopic (exact) mass is 366 g/mol. The third-order valence-corrected chi connectivity index (χ3v) is 4.39. The predicted octanol–water partition coefficient (Wildman–Crippen LogP) is 2.94. The van der Waals surface area contributed by atoms with Gasteiger partial charge in [-0.2, -0.15) is 0 Å². The number of benzene rings is 2. The Bertz CT molecular complexity index is 844. The number of rotatable bonds is 6. The molecule has 2 aromatic carbocycles. The molecule has 0 saturated carbocycles. The van der Waals surface area contributed by atoms with Crippen molar-refractivity contribution in [3.63, 3.8) is 0 Å². The number of nitrogens with one attached hydrogen (secondary N) is 2. The molecular formula is C21H22N2O4. The first kappa shape index (κ1) is 18.5. The van der Waals surface area contributed by atoms with Gasteiger partial charge in [0.15, 0.2) is 0 Å². The molecule has 0 bridgehead atoms. The SMILES string of the molecule is COc1ccc(COC(=O)C2=C(C)NC(=O)NC2Cc2ccccc2)cc1. The molecule has 6 nitrogen and oxygen atoms in total. The van der Waals surface area contributed by atoms with E-state index < -0.39 is 12.0 Å². The molecule has 6 heteroatoms. The zero-order valence-electron chi connectivity index (χ0n) is 15.3. The zero-order chi connectivity index (χ0) is 19.2. The summed E-state index contributed by atoms with van der Waals surface area (Å²) in [4.78, 5) is 24.6. The number of methoxy groups -OCH3 is 1. The first-order valence-corrected chi connectivity index (χ1v) is 8.69. The highest BCUT2D eigenvalue weighted by Gasteiger charge is 2.31. The van der Waals surface area contributed by atoms with Crippen LogP contribution in [0.2, 0.25) is 0 Å². The summed E-state index contributed by atoms with van der Waals surface area (Å²) < 4.78 is 10.6. The molecule has 1 aliphatic heterocycles. The Balaban J connectivity index is 1.72. The van der Waals surface area contributed by atoms with Crippen molar-refractivity contribution in [1.82, 2.24) is 10.6 Å². The summed E-state index contributed by atoms with van der Waals surface area (Å²) >= 11 is 0. The largest absolute Gasteiger partial charge is 0.497 e. The highest BCUT2D eigenvalue weighted by atomic mass is 16.5. The molecule has 1 aliphatic rings. The lowest BCUT2D eigenvalue weighted by atomic mass is 9.96. The van der Waals surface area contributed by atoms with E-state index in [1.165, 1.54) is 0 Å². The summed E-state index contributed by atoms with van der Waals surface area (Å²) in [6, 6.07) is 16.3. The fraction of sp³-hybridized carbons (Fsp3) is 0.238. The predicted molar refractivity (Wildman–Crippen MR) is 101 cm³/mol. The minimum absolute atomic E-state index is 0.144. The molecule has 1 atom stereocenters. The number of amides is 2. The number of carbonyl (C=O) groups is 2. The number of hydrogen-bond acceptors (Lipinski definition) is 4. The van der Waals surface area contributed by atoms with Crippen molar-refractivity contribution in [2.75, 3.05) is 7.11 Å². The minimum Gasteiger partial charge on any atom is -0.497 e. The van der Waals surface area contributed by atoms with Crippen LogP contribution < -0.4 is 15.4 Å². The second-order valence-corrected chi connectivity index (χ2v) is 6.30. The van der Waals surface area contributed by atoms with Gasteiger partial charge in [-0.15, -0.1) is 0 Å². The summed E-state index contributed by atoms with van der Waals surface area (Å²) in [5, 5.41) is 5.47. The Morgan fingerprint density at radius 2 is 1.74 bits per heavy atom. The zero-order valence-corrected chi connectivity index (χ0v) is 15.3. The molecule has 0 fully saturated rings. The number of urea groups is 1. The molecule has 2 N–H and O–H groups in total. The van der Waals surface area contributed by atoms with Gasteiger partial charge in [-0.25, -0.2) is 9.59 Å². The van der Waals surface area contributed by atoms with Crippen LogP contribution in [0.25, 0.3) is 0 Å². The van der Waals surface area contributed by atoms with Gasteiger partial charge >= 0.3 is 12.0 Å². The normalized spacial score (nSPS) is 16.4. The average molecular weight is 366 g/mol. The molecule has 0 aliphatic carbocycles. The van der Waals surface area contributed by atoms with Crippen LogP contribution in [0.4, 0.5) is 4.79 Å². The third kappa shape index (κ3) is 4.67. The second-order valence-electron chi connectivity index (χ2n) is 6.30. The number of carbonyl (C=O) groups excluding carboxylic acids is 2. The molecule has 0 aromatic heterocycles. The van der Waals surface area contributed by atoms with Gasteiger partial charge in [-0.1, -0.05) is 42.5 Å². The lowest BCUT2D eigenvalue weighted by Crippen LogP contribution is -2.50. The Hall–Kier alpha value is -3.28. The second kappa shape index (κ2) is 8.40. The van der Waals surface area contributed by atoms with Crippen molar-refractivity contribution in [2.24, 2.45) is 0 Å². The maximum Gasteiger partial charge on any atom is 0.338 e. The molecule has 140 valence electrons. The summed E-state index contributed by atoms with van der Waals surface area (Å²) in [5.74, 6) is 0.294. The van der Waals surface area contributed by atoms with E-state index in [1.807, 2.05) is 54.6 Å². The van der Waals surface area contributed by atoms with Gasteiger partial charge in [-0.3, -0.25) is 0 Å². The summed E-state index contributed by atoms with van der Waals surface area (Å²) in [6.07, 6.45) is 0.512. The Morgan fingerprint density at radius 3 is 2.41 bits per heavy atom. The molecule has 0 radical (unpaired) electrons. The van der Waals surface area contributed by atoms with E-state index in [9.17, 15) is 9.59 Å². The number of hydrogen-bond donors (Lipinski definition) is 2. The van der Waals surface area contributed by atoms with Gasteiger partial charge in [0.2, 0.25) is 0 Å². The minimum atomic E-state index is -0.447. The van der Waals surface area contributed by atoms with E-state index in [1.54, 1.807) is 14.0 Å². The fourth-order valence-electron chi connectivity index (χ4n) is 3.01. The van der Waals surface area contributed by atoms with Crippen LogP contribution in [-0.4, -0.2) is 25.2 Å². The van der Waals surface area contributed by atoms with Crippen molar-refractivity contribution >= 4 is 12.0 Å². The summed E-state index contributed by atoms with van der Waals surface area (Å²) in [7, 11) is 1.60. The maximum atomic E-state index is 12.7. The van der Waals surface area contributed by atoms with Gasteiger partial charge in [0, 0.05) is 5.70 Å². The molecule has 0 saturated heterocycles. The van der Waals surface area contributed by atoms with Crippen LogP contribution >= 0.6 is 0 Å². The molecule has 0 spiro atoms. The highest BCUT2D eigenvalue weighted by Crippen LogP contribution is 2.19. The van der Waals surface area contributed by atoms with Crippen molar-refractivity contribution in [3.05, 3.63) is 77.0 Å². The lowest BCUT2D eigenvalue weighted by Gasteiger charge is -2.28. The number of allylic oxidation sites excluding steroid dienone is 1. The topological polar surface area (TPSA) is 76.7 Å². The Kier molecular flexibility index (Phi) is 5.76. The van der Waals surface area contributed by atoms with Crippen molar-refractivity contribution in [1.29, 1.82) is 0 Å². The van der Waals surface area contributed by atoms with Gasteiger partial charge < -0.3 is 20.1 Å². The fourth-order valence-corrected chi connectivity index (χ4v) is 3.01. The molecule has 2 amide bonds. The van der Waals surface area contributed by atoms with E-state index in [-0.39, 0.29) is 12.6 Å². The number of ether oxygens (including phenoxy) is 2. The van der Waals surface area contributed by atoms with E-state index >= 15 is 0 Å². The first-order valence-electron chi connectivity index (χ1n) is 8.69. The van der Waals surface area contributed by atoms with Gasteiger partial charge in [-0.05, 0) is 36.6 Å². The van der Waals surface area contributed by atoms with Crippen LogP contribution in [0.1, 0.15) is 18.1 Å². The maximum absolute atomic E-state index is 12.7. The average Bonchev–Trinajstić information content (AvgIpc) is 2.67. The molecule has 3 rings (SSSR count). The van der Waals surface area contributed by atoms with E-state index in [4.69, 9.17) is 9.47 Å². The van der Waals surface area contributed by atoms with E-state index in [0.29, 0.717) is 17.7 Å². The number of esters is 1. The van der Waals surface area contributed by atoms with Crippen LogP contribution in [-0.2, 0) is 22.6 Å². The first-order chi connectivity index (χ1) is 13.1. The van der Waals surface area contributed by atoms with Gasteiger partial charge in [0.25, 0.3) is 0 Å². The molecular weight excluding hydrogens is 344 g/mol. The van der Waals surface area contributed by atoms with Crippen LogP contribution in [0.5, 0.6) is 5.75 Å². The molecule has 27 heavy (non-hydrogen) atoms. The van der Waals surface area contributed by atoms with E-state index in [2.05, 4.69) is 10.6 Å². The highest BCUT2D eigenvalue weighted by molar-refractivity contribution is 5.94. The lowest BCUT2D eigenvalue weighted by molar-refractivity contribution is -0.140. The standard InChI is InChI=1S/C21H22N2O4/c1-14-19(20(24)27-13-16-8-10-17(26-2)11-9-16)18(23-21(25)22-14)12-15-6-4-3-5-7-15/h3-11,18H,12-13H2,1-2H3,(H2,22,23,25). The third-order valence-electron chi connectivity index (χ3n) is 4.39. The smallest absolute Gasteiger partial charge is 0.338 e. The quantitative estimate of drug-likeness (QED) is 0.771. The van der Waals surface area contributed by atoms with Gasteiger partial charge in [0.05, 0.1) is 18.7 Å². The molecule has 2 aromatic rings. The Morgan fingerprint density at radius 1 is 1.04 bits per heavy atom. The van der Waals surface area contributed by atoms with Crippen molar-refractivity contribution in [2.45, 2.75) is 26.0 Å². The summed E-state index contributed by atoms with van der Waals surface area (Å²) in [6.45, 7) is 1.85. The molecule has 1 unspecified atom stereocenters. The molecule has 1 heterocycles. The Labute approximate surface area is 158 Å². The van der Waals surface area contributed by atoms with Gasteiger partial charge in [0.1, 0.15) is 12.4 Å². The van der Waals surface area contributed by atoms with Crippen LogP contribution in [0.3, 0.4) is 0 Å². The summed E-state index contributed by atoms with van der Waals surface area (Å²) in [5.41, 5.74) is 2.83. The van der Waals surface area contributed by atoms with Crippen molar-refractivity contribution < 1.29 is 19.1 Å². The van der Waals surface area contributed by atoms with Crippen LogP contribution in [0, 0.1) is 0 Å². The van der Waals surface area contributed by atoms with E-state index in [0.717, 1.165) is 16.9 Å². The van der Waals surface area contributed by atoms with Crippen molar-refractivity contribution in [3.8, 4) is 5.75 Å².